The highest BCUT2D eigenvalue weighted by Crippen LogP contribution is 2.22. The maximum atomic E-state index is 12.4. The molecule has 0 aliphatic carbocycles. The van der Waals surface area contributed by atoms with Crippen LogP contribution >= 0.6 is 0 Å². The molecule has 2 aromatic rings. The zero-order valence-electron chi connectivity index (χ0n) is 14.7. The second-order valence-corrected chi connectivity index (χ2v) is 7.80. The van der Waals surface area contributed by atoms with Gasteiger partial charge in [-0.3, -0.25) is 9.10 Å². The Balaban J connectivity index is 2.23. The monoisotopic (exact) mass is 362 g/mol. The van der Waals surface area contributed by atoms with E-state index >= 15 is 0 Å². The molecule has 0 radical (unpaired) electrons. The molecule has 0 heterocycles. The van der Waals surface area contributed by atoms with Crippen LogP contribution in [0.3, 0.4) is 0 Å². The van der Waals surface area contributed by atoms with Crippen molar-refractivity contribution in [1.29, 1.82) is 0 Å². The third-order valence-corrected chi connectivity index (χ3v) is 4.68. The van der Waals surface area contributed by atoms with Crippen LogP contribution in [0, 0.1) is 13.8 Å². The molecule has 0 unspecified atom stereocenters. The van der Waals surface area contributed by atoms with Crippen molar-refractivity contribution in [3.05, 3.63) is 53.6 Å². The number of amides is 1. The van der Waals surface area contributed by atoms with Crippen LogP contribution < -0.4 is 14.4 Å². The SMILES string of the molecule is COc1cccc(NC(=O)CN(c2cc(C)cc(C)c2)S(C)(=O)=O)c1. The van der Waals surface area contributed by atoms with Crippen LogP contribution in [0.4, 0.5) is 11.4 Å². The zero-order chi connectivity index (χ0) is 18.6. The molecule has 0 saturated heterocycles. The molecule has 0 aliphatic heterocycles. The summed E-state index contributed by atoms with van der Waals surface area (Å²) in [4.78, 5) is 12.4. The molecule has 0 aromatic heterocycles. The first-order chi connectivity index (χ1) is 11.7. The standard InChI is InChI=1S/C18H22N2O4S/c1-13-8-14(2)10-16(9-13)20(25(4,22)23)12-18(21)19-15-6-5-7-17(11-15)24-3/h5-11H,12H2,1-4H3,(H,19,21). The van der Waals surface area contributed by atoms with Gasteiger partial charge in [-0.15, -0.1) is 0 Å². The predicted octanol–water partition coefficient (Wildman–Crippen LogP) is 2.72. The summed E-state index contributed by atoms with van der Waals surface area (Å²) in [5.41, 5.74) is 2.87. The number of carbonyl (C=O) groups excluding carboxylic acids is 1. The van der Waals surface area contributed by atoms with E-state index in [0.717, 1.165) is 21.7 Å². The maximum Gasteiger partial charge on any atom is 0.245 e. The van der Waals surface area contributed by atoms with E-state index in [1.165, 1.54) is 7.11 Å². The molecule has 2 rings (SSSR count). The van der Waals surface area contributed by atoms with Crippen LogP contribution in [-0.4, -0.2) is 34.2 Å². The summed E-state index contributed by atoms with van der Waals surface area (Å²) >= 11 is 0. The molecule has 2 aromatic carbocycles. The lowest BCUT2D eigenvalue weighted by Gasteiger charge is -2.23. The number of nitrogens with zero attached hydrogens (tertiary/aromatic N) is 1. The highest BCUT2D eigenvalue weighted by Gasteiger charge is 2.21. The van der Waals surface area contributed by atoms with Gasteiger partial charge in [0.2, 0.25) is 15.9 Å². The fourth-order valence-corrected chi connectivity index (χ4v) is 3.37. The van der Waals surface area contributed by atoms with E-state index in [0.29, 0.717) is 17.1 Å². The summed E-state index contributed by atoms with van der Waals surface area (Å²) in [5, 5.41) is 2.69. The van der Waals surface area contributed by atoms with E-state index in [-0.39, 0.29) is 6.54 Å². The number of hydrogen-bond acceptors (Lipinski definition) is 4. The number of carbonyl (C=O) groups is 1. The van der Waals surface area contributed by atoms with E-state index in [4.69, 9.17) is 4.74 Å². The topological polar surface area (TPSA) is 75.7 Å². The Bertz CT molecular complexity index is 858. The molecule has 0 aliphatic rings. The van der Waals surface area contributed by atoms with Crippen molar-refractivity contribution in [2.24, 2.45) is 0 Å². The maximum absolute atomic E-state index is 12.4. The quantitative estimate of drug-likeness (QED) is 0.857. The molecule has 1 N–H and O–H groups in total. The molecule has 0 bridgehead atoms. The number of rotatable bonds is 6. The second-order valence-electron chi connectivity index (χ2n) is 5.90. The minimum absolute atomic E-state index is 0.307. The highest BCUT2D eigenvalue weighted by atomic mass is 32.2. The van der Waals surface area contributed by atoms with Crippen molar-refractivity contribution in [1.82, 2.24) is 0 Å². The van der Waals surface area contributed by atoms with Gasteiger partial charge in [0.05, 0.1) is 19.1 Å². The van der Waals surface area contributed by atoms with E-state index < -0.39 is 15.9 Å². The molecular weight excluding hydrogens is 340 g/mol. The summed E-state index contributed by atoms with van der Waals surface area (Å²) < 4.78 is 30.5. The predicted molar refractivity (Wildman–Crippen MR) is 99.7 cm³/mol. The van der Waals surface area contributed by atoms with E-state index in [1.54, 1.807) is 36.4 Å². The van der Waals surface area contributed by atoms with Gasteiger partial charge < -0.3 is 10.1 Å². The van der Waals surface area contributed by atoms with Crippen molar-refractivity contribution < 1.29 is 17.9 Å². The van der Waals surface area contributed by atoms with E-state index in [1.807, 2.05) is 19.9 Å². The fraction of sp³-hybridized carbons (Fsp3) is 0.278. The number of ether oxygens (including phenoxy) is 1. The molecule has 134 valence electrons. The summed E-state index contributed by atoms with van der Waals surface area (Å²) in [6.07, 6.45) is 1.09. The van der Waals surface area contributed by atoms with Crippen molar-refractivity contribution in [3.63, 3.8) is 0 Å². The number of benzene rings is 2. The first kappa shape index (κ1) is 18.8. The average Bonchev–Trinajstić information content (AvgIpc) is 2.50. The van der Waals surface area contributed by atoms with Gasteiger partial charge in [0.15, 0.2) is 0 Å². The molecule has 0 atom stereocenters. The minimum atomic E-state index is -3.60. The number of sulfonamides is 1. The number of nitrogens with one attached hydrogen (secondary N) is 1. The highest BCUT2D eigenvalue weighted by molar-refractivity contribution is 7.92. The number of aryl methyl sites for hydroxylation is 2. The van der Waals surface area contributed by atoms with E-state index in [2.05, 4.69) is 5.32 Å². The Morgan fingerprint density at radius 2 is 1.76 bits per heavy atom. The Hall–Kier alpha value is -2.54. The Labute approximate surface area is 148 Å². The molecule has 6 nitrogen and oxygen atoms in total. The Morgan fingerprint density at radius 3 is 2.32 bits per heavy atom. The third-order valence-electron chi connectivity index (χ3n) is 3.54. The van der Waals surface area contributed by atoms with Crippen LogP contribution in [-0.2, 0) is 14.8 Å². The number of methoxy groups -OCH3 is 1. The lowest BCUT2D eigenvalue weighted by molar-refractivity contribution is -0.114. The first-order valence-corrected chi connectivity index (χ1v) is 9.54. The van der Waals surface area contributed by atoms with Crippen molar-refractivity contribution in [2.45, 2.75) is 13.8 Å². The number of hydrogen-bond donors (Lipinski definition) is 1. The van der Waals surface area contributed by atoms with Gasteiger partial charge >= 0.3 is 0 Å². The van der Waals surface area contributed by atoms with Crippen molar-refractivity contribution in [3.8, 4) is 5.75 Å². The van der Waals surface area contributed by atoms with Crippen LogP contribution in [0.2, 0.25) is 0 Å². The molecule has 0 saturated carbocycles. The molecule has 1 amide bonds. The van der Waals surface area contributed by atoms with Gasteiger partial charge in [-0.2, -0.15) is 0 Å². The average molecular weight is 362 g/mol. The van der Waals surface area contributed by atoms with Gasteiger partial charge in [-0.1, -0.05) is 12.1 Å². The lowest BCUT2D eigenvalue weighted by Crippen LogP contribution is -2.37. The Kier molecular flexibility index (Phi) is 5.69. The van der Waals surface area contributed by atoms with Gasteiger partial charge in [0.25, 0.3) is 0 Å². The van der Waals surface area contributed by atoms with Crippen LogP contribution in [0.15, 0.2) is 42.5 Å². The van der Waals surface area contributed by atoms with Gasteiger partial charge in [0, 0.05) is 11.8 Å². The molecule has 25 heavy (non-hydrogen) atoms. The summed E-state index contributed by atoms with van der Waals surface area (Å²) in [5.74, 6) is 0.171. The van der Waals surface area contributed by atoms with E-state index in [9.17, 15) is 13.2 Å². The molecule has 0 fully saturated rings. The zero-order valence-corrected chi connectivity index (χ0v) is 15.6. The lowest BCUT2D eigenvalue weighted by atomic mass is 10.1. The molecular formula is C18H22N2O4S. The summed E-state index contributed by atoms with van der Waals surface area (Å²) in [6.45, 7) is 3.46. The summed E-state index contributed by atoms with van der Waals surface area (Å²) in [6, 6.07) is 12.3. The van der Waals surface area contributed by atoms with Crippen LogP contribution in [0.1, 0.15) is 11.1 Å². The smallest absolute Gasteiger partial charge is 0.245 e. The number of anilines is 2. The minimum Gasteiger partial charge on any atom is -0.497 e. The summed E-state index contributed by atoms with van der Waals surface area (Å²) in [7, 11) is -2.07. The second kappa shape index (κ2) is 7.57. The van der Waals surface area contributed by atoms with Crippen LogP contribution in [0.5, 0.6) is 5.75 Å². The normalized spacial score (nSPS) is 11.0. The van der Waals surface area contributed by atoms with Crippen molar-refractivity contribution >= 4 is 27.3 Å². The van der Waals surface area contributed by atoms with Gasteiger partial charge in [-0.05, 0) is 49.2 Å². The molecule has 0 spiro atoms. The Morgan fingerprint density at radius 1 is 1.12 bits per heavy atom. The first-order valence-electron chi connectivity index (χ1n) is 7.69. The van der Waals surface area contributed by atoms with Crippen molar-refractivity contribution in [2.75, 3.05) is 29.5 Å². The fourth-order valence-electron chi connectivity index (χ4n) is 2.53. The largest absolute Gasteiger partial charge is 0.497 e. The van der Waals surface area contributed by atoms with Gasteiger partial charge in [0.1, 0.15) is 12.3 Å². The van der Waals surface area contributed by atoms with Crippen LogP contribution in [0.25, 0.3) is 0 Å². The van der Waals surface area contributed by atoms with Gasteiger partial charge in [-0.25, -0.2) is 8.42 Å². The third kappa shape index (κ3) is 5.22. The molecule has 7 heteroatoms.